The molecule has 0 heterocycles. The molecule has 0 saturated heterocycles. The lowest BCUT2D eigenvalue weighted by Gasteiger charge is -2.06. The Kier molecular flexibility index (Phi) is 4.85. The van der Waals surface area contributed by atoms with Gasteiger partial charge in [-0.3, -0.25) is 0 Å². The standard InChI is InChI=1S/C17H21NO/c1-2-19-17-8-4-7-15(13-17)6-3-5-14-9-11-16(18)12-10-14/h4,7-13H,2-3,5-6,18H2,1H3. The average Bonchev–Trinajstić information content (AvgIpc) is 2.42. The number of aryl methyl sites for hydroxylation is 2. The minimum Gasteiger partial charge on any atom is -0.494 e. The molecule has 0 radical (unpaired) electrons. The number of hydrogen-bond donors (Lipinski definition) is 1. The summed E-state index contributed by atoms with van der Waals surface area (Å²) in [6.45, 7) is 2.72. The highest BCUT2D eigenvalue weighted by atomic mass is 16.5. The summed E-state index contributed by atoms with van der Waals surface area (Å²) in [5.74, 6) is 0.965. The molecule has 0 amide bonds. The minimum absolute atomic E-state index is 0.717. The molecule has 2 rings (SSSR count). The molecule has 19 heavy (non-hydrogen) atoms. The number of benzene rings is 2. The van der Waals surface area contributed by atoms with Crippen LogP contribution in [0.2, 0.25) is 0 Å². The third-order valence-corrected chi connectivity index (χ3v) is 3.12. The first-order chi connectivity index (χ1) is 9.28. The largest absolute Gasteiger partial charge is 0.494 e. The molecule has 0 fully saturated rings. The van der Waals surface area contributed by atoms with Crippen LogP contribution in [0.1, 0.15) is 24.5 Å². The first-order valence-corrected chi connectivity index (χ1v) is 6.84. The molecule has 0 aromatic heterocycles. The molecule has 0 aliphatic rings. The van der Waals surface area contributed by atoms with Gasteiger partial charge in [-0.05, 0) is 61.6 Å². The molecule has 2 aromatic rings. The molecule has 2 heteroatoms. The summed E-state index contributed by atoms with van der Waals surface area (Å²) in [7, 11) is 0. The Bertz CT molecular complexity index is 505. The summed E-state index contributed by atoms with van der Waals surface area (Å²) in [6, 6.07) is 16.5. The highest BCUT2D eigenvalue weighted by Crippen LogP contribution is 2.16. The smallest absolute Gasteiger partial charge is 0.119 e. The van der Waals surface area contributed by atoms with Crippen LogP contribution in [0.25, 0.3) is 0 Å². The third-order valence-electron chi connectivity index (χ3n) is 3.12. The molecule has 0 unspecified atom stereocenters. The van der Waals surface area contributed by atoms with Gasteiger partial charge in [-0.25, -0.2) is 0 Å². The number of anilines is 1. The Hall–Kier alpha value is -1.96. The van der Waals surface area contributed by atoms with Gasteiger partial charge in [0.1, 0.15) is 5.75 Å². The maximum atomic E-state index is 5.68. The van der Waals surface area contributed by atoms with E-state index in [9.17, 15) is 0 Å². The van der Waals surface area contributed by atoms with Gasteiger partial charge in [0.25, 0.3) is 0 Å². The van der Waals surface area contributed by atoms with E-state index in [1.54, 1.807) is 0 Å². The van der Waals surface area contributed by atoms with Crippen molar-refractivity contribution in [3.63, 3.8) is 0 Å². The molecule has 100 valence electrons. The summed E-state index contributed by atoms with van der Waals surface area (Å²) in [4.78, 5) is 0. The zero-order valence-electron chi connectivity index (χ0n) is 11.4. The van der Waals surface area contributed by atoms with E-state index in [0.29, 0.717) is 0 Å². The van der Waals surface area contributed by atoms with E-state index in [4.69, 9.17) is 10.5 Å². The van der Waals surface area contributed by atoms with Crippen LogP contribution in [-0.2, 0) is 12.8 Å². The number of nitrogens with two attached hydrogens (primary N) is 1. The van der Waals surface area contributed by atoms with Crippen molar-refractivity contribution in [1.82, 2.24) is 0 Å². The first-order valence-electron chi connectivity index (χ1n) is 6.84. The predicted molar refractivity (Wildman–Crippen MR) is 80.5 cm³/mol. The van der Waals surface area contributed by atoms with Gasteiger partial charge in [0, 0.05) is 5.69 Å². The van der Waals surface area contributed by atoms with Crippen LogP contribution >= 0.6 is 0 Å². The zero-order valence-corrected chi connectivity index (χ0v) is 11.4. The molecule has 0 bridgehead atoms. The maximum absolute atomic E-state index is 5.68. The van der Waals surface area contributed by atoms with Crippen LogP contribution in [-0.4, -0.2) is 6.61 Å². The fourth-order valence-corrected chi connectivity index (χ4v) is 2.14. The summed E-state index contributed by atoms with van der Waals surface area (Å²) in [5.41, 5.74) is 9.18. The van der Waals surface area contributed by atoms with Gasteiger partial charge in [0.15, 0.2) is 0 Å². The molecule has 0 saturated carbocycles. The van der Waals surface area contributed by atoms with Crippen LogP contribution in [0, 0.1) is 0 Å². The predicted octanol–water partition coefficient (Wildman–Crippen LogP) is 3.84. The minimum atomic E-state index is 0.717. The topological polar surface area (TPSA) is 35.2 Å². The SMILES string of the molecule is CCOc1cccc(CCCc2ccc(N)cc2)c1. The Morgan fingerprint density at radius 1 is 0.947 bits per heavy atom. The second kappa shape index (κ2) is 6.83. The Morgan fingerprint density at radius 3 is 2.42 bits per heavy atom. The van der Waals surface area contributed by atoms with Crippen molar-refractivity contribution in [3.05, 3.63) is 59.7 Å². The van der Waals surface area contributed by atoms with Gasteiger partial charge in [0.2, 0.25) is 0 Å². The number of hydrogen-bond acceptors (Lipinski definition) is 2. The van der Waals surface area contributed by atoms with E-state index in [1.807, 2.05) is 25.1 Å². The summed E-state index contributed by atoms with van der Waals surface area (Å²) in [5, 5.41) is 0. The molecule has 2 N–H and O–H groups in total. The quantitative estimate of drug-likeness (QED) is 0.796. The van der Waals surface area contributed by atoms with E-state index in [2.05, 4.69) is 30.3 Å². The van der Waals surface area contributed by atoms with Crippen LogP contribution in [0.3, 0.4) is 0 Å². The number of rotatable bonds is 6. The van der Waals surface area contributed by atoms with Crippen LogP contribution in [0.5, 0.6) is 5.75 Å². The van der Waals surface area contributed by atoms with Gasteiger partial charge >= 0.3 is 0 Å². The molecule has 0 aliphatic carbocycles. The van der Waals surface area contributed by atoms with E-state index in [1.165, 1.54) is 11.1 Å². The van der Waals surface area contributed by atoms with Gasteiger partial charge in [-0.1, -0.05) is 24.3 Å². The lowest BCUT2D eigenvalue weighted by molar-refractivity contribution is 0.340. The van der Waals surface area contributed by atoms with Crippen molar-refractivity contribution >= 4 is 5.69 Å². The van der Waals surface area contributed by atoms with Crippen molar-refractivity contribution in [2.75, 3.05) is 12.3 Å². The summed E-state index contributed by atoms with van der Waals surface area (Å²) < 4.78 is 5.51. The van der Waals surface area contributed by atoms with E-state index in [0.717, 1.165) is 37.3 Å². The molecular weight excluding hydrogens is 234 g/mol. The molecule has 2 nitrogen and oxygen atoms in total. The zero-order chi connectivity index (χ0) is 13.5. The number of ether oxygens (including phenoxy) is 1. The van der Waals surface area contributed by atoms with Crippen molar-refractivity contribution in [2.45, 2.75) is 26.2 Å². The monoisotopic (exact) mass is 255 g/mol. The lowest BCUT2D eigenvalue weighted by atomic mass is 10.0. The first kappa shape index (κ1) is 13.5. The summed E-state index contributed by atoms with van der Waals surface area (Å²) in [6.07, 6.45) is 3.30. The number of nitrogen functional groups attached to an aromatic ring is 1. The second-order valence-electron chi connectivity index (χ2n) is 4.68. The Morgan fingerprint density at radius 2 is 1.68 bits per heavy atom. The molecule has 0 spiro atoms. The fourth-order valence-electron chi connectivity index (χ4n) is 2.14. The van der Waals surface area contributed by atoms with E-state index >= 15 is 0 Å². The van der Waals surface area contributed by atoms with Crippen molar-refractivity contribution < 1.29 is 4.74 Å². The Balaban J connectivity index is 1.85. The fraction of sp³-hybridized carbons (Fsp3) is 0.294. The van der Waals surface area contributed by atoms with E-state index < -0.39 is 0 Å². The molecule has 0 aliphatic heterocycles. The Labute approximate surface area is 115 Å². The van der Waals surface area contributed by atoms with Crippen molar-refractivity contribution in [1.29, 1.82) is 0 Å². The molecular formula is C17H21NO. The van der Waals surface area contributed by atoms with Crippen LogP contribution < -0.4 is 10.5 Å². The van der Waals surface area contributed by atoms with Crippen LogP contribution in [0.15, 0.2) is 48.5 Å². The lowest BCUT2D eigenvalue weighted by Crippen LogP contribution is -1.94. The molecule has 2 aromatic carbocycles. The summed E-state index contributed by atoms with van der Waals surface area (Å²) >= 11 is 0. The van der Waals surface area contributed by atoms with E-state index in [-0.39, 0.29) is 0 Å². The maximum Gasteiger partial charge on any atom is 0.119 e. The molecule has 0 atom stereocenters. The average molecular weight is 255 g/mol. The van der Waals surface area contributed by atoms with Crippen molar-refractivity contribution in [2.24, 2.45) is 0 Å². The van der Waals surface area contributed by atoms with Gasteiger partial charge < -0.3 is 10.5 Å². The van der Waals surface area contributed by atoms with Crippen LogP contribution in [0.4, 0.5) is 5.69 Å². The van der Waals surface area contributed by atoms with Gasteiger partial charge in [-0.2, -0.15) is 0 Å². The highest BCUT2D eigenvalue weighted by molar-refractivity contribution is 5.39. The van der Waals surface area contributed by atoms with Crippen molar-refractivity contribution in [3.8, 4) is 5.75 Å². The second-order valence-corrected chi connectivity index (χ2v) is 4.68. The van der Waals surface area contributed by atoms with Gasteiger partial charge in [-0.15, -0.1) is 0 Å². The van der Waals surface area contributed by atoms with Gasteiger partial charge in [0.05, 0.1) is 6.61 Å². The normalized spacial score (nSPS) is 10.4. The third kappa shape index (κ3) is 4.32. The highest BCUT2D eigenvalue weighted by Gasteiger charge is 1.98.